The first-order valence-electron chi connectivity index (χ1n) is 9.92. The van der Waals surface area contributed by atoms with E-state index in [0.29, 0.717) is 6.42 Å². The molecule has 6 heteroatoms. The maximum atomic E-state index is 12.8. The summed E-state index contributed by atoms with van der Waals surface area (Å²) in [6, 6.07) is 5.72. The predicted octanol–water partition coefficient (Wildman–Crippen LogP) is 2.49. The summed E-state index contributed by atoms with van der Waals surface area (Å²) in [5.74, 6) is -0.675. The number of phenolic OH excluding ortho intramolecular Hbond substituents is 1. The van der Waals surface area contributed by atoms with Crippen LogP contribution in [-0.4, -0.2) is 35.0 Å². The lowest BCUT2D eigenvalue weighted by Crippen LogP contribution is -2.54. The van der Waals surface area contributed by atoms with Crippen molar-refractivity contribution in [3.05, 3.63) is 29.8 Å². The second-order valence-electron chi connectivity index (χ2n) is 7.49. The molecule has 1 aromatic rings. The number of rotatable bonds is 11. The minimum absolute atomic E-state index is 0.0470. The van der Waals surface area contributed by atoms with Crippen molar-refractivity contribution in [1.82, 2.24) is 10.6 Å². The Kier molecular flexibility index (Phi) is 10.0. The number of nitrogens with one attached hydrogen (secondary N) is 2. The van der Waals surface area contributed by atoms with E-state index in [0.717, 1.165) is 31.2 Å². The Bertz CT molecular complexity index is 581. The third-order valence-corrected chi connectivity index (χ3v) is 4.67. The molecule has 0 fully saturated rings. The van der Waals surface area contributed by atoms with Gasteiger partial charge in [-0.15, -0.1) is 0 Å². The molecule has 1 aromatic carbocycles. The molecular weight excluding hydrogens is 342 g/mol. The molecule has 0 saturated carbocycles. The van der Waals surface area contributed by atoms with Gasteiger partial charge in [-0.25, -0.2) is 0 Å². The van der Waals surface area contributed by atoms with Gasteiger partial charge in [-0.05, 0) is 42.9 Å². The highest BCUT2D eigenvalue weighted by Crippen LogP contribution is 2.13. The van der Waals surface area contributed by atoms with Gasteiger partial charge in [0.1, 0.15) is 5.75 Å². The van der Waals surface area contributed by atoms with Crippen molar-refractivity contribution < 1.29 is 14.7 Å². The molecule has 0 aliphatic rings. The van der Waals surface area contributed by atoms with E-state index < -0.39 is 18.0 Å². The molecule has 0 unspecified atom stereocenters. The van der Waals surface area contributed by atoms with Crippen LogP contribution in [0, 0.1) is 5.92 Å². The smallest absolute Gasteiger partial charge is 0.244 e. The first kappa shape index (κ1) is 23.1. The Balaban J connectivity index is 2.91. The molecule has 2 amide bonds. The number of imide groups is 1. The molecule has 27 heavy (non-hydrogen) atoms. The number of phenols is 1. The van der Waals surface area contributed by atoms with Crippen molar-refractivity contribution in [2.24, 2.45) is 11.7 Å². The summed E-state index contributed by atoms with van der Waals surface area (Å²) in [7, 11) is 0. The second-order valence-corrected chi connectivity index (χ2v) is 7.49. The zero-order valence-electron chi connectivity index (χ0n) is 17.0. The molecule has 0 aromatic heterocycles. The molecule has 2 atom stereocenters. The van der Waals surface area contributed by atoms with E-state index in [4.69, 9.17) is 5.73 Å². The van der Waals surface area contributed by atoms with Crippen LogP contribution in [0.4, 0.5) is 0 Å². The Morgan fingerprint density at radius 1 is 1.04 bits per heavy atom. The van der Waals surface area contributed by atoms with Gasteiger partial charge in [-0.1, -0.05) is 52.7 Å². The monoisotopic (exact) mass is 377 g/mol. The molecule has 1 rings (SSSR count). The molecular formula is C21H35N3O3. The van der Waals surface area contributed by atoms with Gasteiger partial charge in [0.05, 0.1) is 12.1 Å². The third-order valence-electron chi connectivity index (χ3n) is 4.67. The van der Waals surface area contributed by atoms with Gasteiger partial charge in [-0.2, -0.15) is 0 Å². The van der Waals surface area contributed by atoms with Gasteiger partial charge < -0.3 is 16.2 Å². The van der Waals surface area contributed by atoms with Crippen LogP contribution in [0.5, 0.6) is 5.75 Å². The molecule has 152 valence electrons. The SMILES string of the molecule is CCCC(CCC)N[C@@H](Cc1ccc(O)cc1)C(=O)NC(=O)[C@@H](N)C(C)C. The number of carbonyl (C=O) groups is 2. The Labute approximate surface area is 162 Å². The van der Waals surface area contributed by atoms with Crippen LogP contribution in [0.3, 0.4) is 0 Å². The molecule has 0 saturated heterocycles. The highest BCUT2D eigenvalue weighted by atomic mass is 16.3. The van der Waals surface area contributed by atoms with Crippen LogP contribution in [0.2, 0.25) is 0 Å². The fraction of sp³-hybridized carbons (Fsp3) is 0.619. The quantitative estimate of drug-likeness (QED) is 0.474. The zero-order valence-corrected chi connectivity index (χ0v) is 17.0. The van der Waals surface area contributed by atoms with Crippen molar-refractivity contribution >= 4 is 11.8 Å². The van der Waals surface area contributed by atoms with E-state index in [1.54, 1.807) is 24.3 Å². The van der Waals surface area contributed by atoms with Crippen molar-refractivity contribution in [3.63, 3.8) is 0 Å². The first-order valence-corrected chi connectivity index (χ1v) is 9.92. The summed E-state index contributed by atoms with van der Waals surface area (Å²) in [5, 5.41) is 15.4. The zero-order chi connectivity index (χ0) is 20.4. The van der Waals surface area contributed by atoms with Gasteiger partial charge in [0.2, 0.25) is 11.8 Å². The van der Waals surface area contributed by atoms with Crippen LogP contribution in [0.1, 0.15) is 58.9 Å². The van der Waals surface area contributed by atoms with E-state index in [-0.39, 0.29) is 23.6 Å². The topological polar surface area (TPSA) is 104 Å². The van der Waals surface area contributed by atoms with Crippen molar-refractivity contribution in [2.75, 3.05) is 0 Å². The Morgan fingerprint density at radius 2 is 1.59 bits per heavy atom. The van der Waals surface area contributed by atoms with E-state index in [9.17, 15) is 14.7 Å². The van der Waals surface area contributed by atoms with Crippen molar-refractivity contribution in [3.8, 4) is 5.75 Å². The number of benzene rings is 1. The van der Waals surface area contributed by atoms with Crippen LogP contribution in [-0.2, 0) is 16.0 Å². The lowest BCUT2D eigenvalue weighted by Gasteiger charge is -2.25. The number of nitrogens with two attached hydrogens (primary N) is 1. The first-order chi connectivity index (χ1) is 12.8. The van der Waals surface area contributed by atoms with Crippen LogP contribution < -0.4 is 16.4 Å². The summed E-state index contributed by atoms with van der Waals surface area (Å²) in [5.41, 5.74) is 6.77. The van der Waals surface area contributed by atoms with E-state index in [1.807, 2.05) is 13.8 Å². The fourth-order valence-corrected chi connectivity index (χ4v) is 2.98. The van der Waals surface area contributed by atoms with Crippen LogP contribution >= 0.6 is 0 Å². The minimum Gasteiger partial charge on any atom is -0.508 e. The number of aromatic hydroxyl groups is 1. The molecule has 0 heterocycles. The van der Waals surface area contributed by atoms with Crippen LogP contribution in [0.15, 0.2) is 24.3 Å². The lowest BCUT2D eigenvalue weighted by molar-refractivity contribution is -0.133. The summed E-state index contributed by atoms with van der Waals surface area (Å²) in [6.45, 7) is 7.92. The van der Waals surface area contributed by atoms with Gasteiger partial charge in [0, 0.05) is 6.04 Å². The highest BCUT2D eigenvalue weighted by molar-refractivity contribution is 6.00. The third kappa shape index (κ3) is 8.10. The Morgan fingerprint density at radius 3 is 2.07 bits per heavy atom. The largest absolute Gasteiger partial charge is 0.508 e. The fourth-order valence-electron chi connectivity index (χ4n) is 2.98. The number of carbonyl (C=O) groups excluding carboxylic acids is 2. The molecule has 0 aliphatic heterocycles. The lowest BCUT2D eigenvalue weighted by atomic mass is 10.00. The molecule has 0 radical (unpaired) electrons. The van der Waals surface area contributed by atoms with E-state index in [1.165, 1.54) is 0 Å². The van der Waals surface area contributed by atoms with Gasteiger partial charge >= 0.3 is 0 Å². The second kappa shape index (κ2) is 11.7. The number of hydrogen-bond donors (Lipinski definition) is 4. The number of amides is 2. The van der Waals surface area contributed by atoms with Gasteiger partial charge in [-0.3, -0.25) is 14.9 Å². The maximum Gasteiger partial charge on any atom is 0.244 e. The average molecular weight is 378 g/mol. The predicted molar refractivity (Wildman–Crippen MR) is 108 cm³/mol. The van der Waals surface area contributed by atoms with Gasteiger partial charge in [0.25, 0.3) is 0 Å². The highest BCUT2D eigenvalue weighted by Gasteiger charge is 2.26. The van der Waals surface area contributed by atoms with Gasteiger partial charge in [0.15, 0.2) is 0 Å². The van der Waals surface area contributed by atoms with E-state index >= 15 is 0 Å². The minimum atomic E-state index is -0.717. The summed E-state index contributed by atoms with van der Waals surface area (Å²) in [6.07, 6.45) is 4.39. The average Bonchev–Trinajstić information content (AvgIpc) is 2.62. The maximum absolute atomic E-state index is 12.8. The molecule has 0 bridgehead atoms. The summed E-state index contributed by atoms with van der Waals surface area (Å²) >= 11 is 0. The molecule has 5 N–H and O–H groups in total. The van der Waals surface area contributed by atoms with E-state index in [2.05, 4.69) is 24.5 Å². The molecule has 0 aliphatic carbocycles. The standard InChI is InChI=1S/C21H35N3O3/c1-5-7-16(8-6-2)23-18(13-15-9-11-17(25)12-10-15)20(26)24-21(27)19(22)14(3)4/h9-12,14,16,18-19,23,25H,5-8,13,22H2,1-4H3,(H,24,26,27)/t18-,19-/m0/s1. The van der Waals surface area contributed by atoms with Crippen molar-refractivity contribution in [1.29, 1.82) is 0 Å². The van der Waals surface area contributed by atoms with Crippen molar-refractivity contribution in [2.45, 2.75) is 77.9 Å². The Hall–Kier alpha value is -1.92. The van der Waals surface area contributed by atoms with Crippen LogP contribution in [0.25, 0.3) is 0 Å². The summed E-state index contributed by atoms with van der Waals surface area (Å²) < 4.78 is 0. The molecule has 6 nitrogen and oxygen atoms in total. The normalized spacial score (nSPS) is 13.6. The molecule has 0 spiro atoms. The number of hydrogen-bond acceptors (Lipinski definition) is 5. The summed E-state index contributed by atoms with van der Waals surface area (Å²) in [4.78, 5) is 25.0.